The van der Waals surface area contributed by atoms with Crippen LogP contribution in [0.25, 0.3) is 0 Å². The zero-order valence-corrected chi connectivity index (χ0v) is 5.67. The number of hydrogen-bond acceptors (Lipinski definition) is 3. The summed E-state index contributed by atoms with van der Waals surface area (Å²) >= 11 is 0. The van der Waals surface area contributed by atoms with Gasteiger partial charge in [-0.2, -0.15) is 0 Å². The van der Waals surface area contributed by atoms with Gasteiger partial charge in [-0.15, -0.1) is 0 Å². The molecule has 1 amide bonds. The third-order valence-corrected chi connectivity index (χ3v) is 0.846. The van der Waals surface area contributed by atoms with Gasteiger partial charge in [-0.05, 0) is 0 Å². The number of primary amides is 1. The van der Waals surface area contributed by atoms with Gasteiger partial charge in [0.25, 0.3) is 0 Å². The fourth-order valence-corrected chi connectivity index (χ4v) is 0.516. The van der Waals surface area contributed by atoms with Crippen LogP contribution in [-0.2, 0) is 4.74 Å². The average molecular weight is 148 g/mol. The highest BCUT2D eigenvalue weighted by atomic mass is 16.5. The van der Waals surface area contributed by atoms with Crippen LogP contribution in [0.2, 0.25) is 0 Å². The van der Waals surface area contributed by atoms with Crippen molar-refractivity contribution in [3.05, 3.63) is 0 Å². The summed E-state index contributed by atoms with van der Waals surface area (Å²) in [5.41, 5.74) is 4.03. The molecule has 0 spiro atoms. The van der Waals surface area contributed by atoms with Crippen LogP contribution < -0.4 is 11.1 Å². The van der Waals surface area contributed by atoms with Crippen molar-refractivity contribution in [2.45, 2.75) is 0 Å². The minimum Gasteiger partial charge on any atom is -0.465 e. The van der Waals surface area contributed by atoms with E-state index < -0.39 is 6.09 Å². The Balaban J connectivity index is 0.000000180. The molecule has 1 rings (SSSR count). The summed E-state index contributed by atoms with van der Waals surface area (Å²) in [6.45, 7) is 3.83. The summed E-state index contributed by atoms with van der Waals surface area (Å²) in [5.74, 6) is 0. The fraction of sp³-hybridized carbons (Fsp3) is 0.800. The Kier molecular flexibility index (Phi) is 5.80. The van der Waals surface area contributed by atoms with Crippen LogP contribution >= 0.6 is 0 Å². The van der Waals surface area contributed by atoms with Gasteiger partial charge < -0.3 is 20.9 Å². The molecular formula is C5H12N2O3. The second-order valence-electron chi connectivity index (χ2n) is 1.70. The first-order valence-corrected chi connectivity index (χ1v) is 3.00. The molecule has 0 aromatic rings. The summed E-state index contributed by atoms with van der Waals surface area (Å²) in [4.78, 5) is 8.78. The Bertz CT molecular complexity index is 77.4. The molecule has 5 heteroatoms. The van der Waals surface area contributed by atoms with Crippen LogP contribution in [0.4, 0.5) is 4.79 Å². The van der Waals surface area contributed by atoms with E-state index in [4.69, 9.17) is 14.6 Å². The second-order valence-corrected chi connectivity index (χ2v) is 1.70. The standard InChI is InChI=1S/C4H9NO.CH3NO2/c1-3-6-4-2-5-1;2-1(3)4/h5H,1-4H2;2H2,(H,3,4). The van der Waals surface area contributed by atoms with Crippen LogP contribution in [0.1, 0.15) is 0 Å². The maximum atomic E-state index is 8.78. The smallest absolute Gasteiger partial charge is 0.402 e. The molecule has 0 aromatic carbocycles. The minimum atomic E-state index is -1.33. The molecule has 1 aliphatic heterocycles. The minimum absolute atomic E-state index is 0.889. The van der Waals surface area contributed by atoms with Gasteiger partial charge in [-0.25, -0.2) is 4.79 Å². The highest BCUT2D eigenvalue weighted by Gasteiger charge is 1.92. The highest BCUT2D eigenvalue weighted by Crippen LogP contribution is 1.76. The van der Waals surface area contributed by atoms with Crippen molar-refractivity contribution >= 4 is 6.09 Å². The summed E-state index contributed by atoms with van der Waals surface area (Å²) in [6, 6.07) is 0. The Morgan fingerprint density at radius 3 is 2.00 bits per heavy atom. The number of carboxylic acid groups (broad SMARTS) is 1. The summed E-state index contributed by atoms with van der Waals surface area (Å²) in [5, 5.41) is 10.4. The summed E-state index contributed by atoms with van der Waals surface area (Å²) in [7, 11) is 0. The van der Waals surface area contributed by atoms with Crippen LogP contribution in [-0.4, -0.2) is 37.5 Å². The van der Waals surface area contributed by atoms with Crippen LogP contribution in [0, 0.1) is 0 Å². The molecule has 0 atom stereocenters. The second kappa shape index (κ2) is 6.31. The maximum absolute atomic E-state index is 8.78. The average Bonchev–Trinajstić information content (AvgIpc) is 1.90. The highest BCUT2D eigenvalue weighted by molar-refractivity contribution is 5.61. The Hall–Kier alpha value is -0.810. The molecule has 1 aliphatic rings. The lowest BCUT2D eigenvalue weighted by molar-refractivity contribution is 0.109. The molecular weight excluding hydrogens is 136 g/mol. The molecule has 0 aromatic heterocycles. The monoisotopic (exact) mass is 148 g/mol. The molecule has 1 fully saturated rings. The molecule has 0 bridgehead atoms. The van der Waals surface area contributed by atoms with Crippen LogP contribution in [0.15, 0.2) is 0 Å². The first-order chi connectivity index (χ1) is 4.73. The van der Waals surface area contributed by atoms with Crippen molar-refractivity contribution in [2.24, 2.45) is 5.73 Å². The molecule has 1 saturated heterocycles. The van der Waals surface area contributed by atoms with Crippen LogP contribution in [0.3, 0.4) is 0 Å². The van der Waals surface area contributed by atoms with E-state index in [0.29, 0.717) is 0 Å². The quantitative estimate of drug-likeness (QED) is 0.421. The van der Waals surface area contributed by atoms with E-state index in [1.54, 1.807) is 0 Å². The maximum Gasteiger partial charge on any atom is 0.402 e. The zero-order valence-electron chi connectivity index (χ0n) is 5.67. The predicted molar refractivity (Wildman–Crippen MR) is 35.9 cm³/mol. The molecule has 0 saturated carbocycles. The van der Waals surface area contributed by atoms with Crippen molar-refractivity contribution in [2.75, 3.05) is 26.3 Å². The first-order valence-electron chi connectivity index (χ1n) is 3.00. The Morgan fingerprint density at radius 2 is 1.90 bits per heavy atom. The number of nitrogens with one attached hydrogen (secondary N) is 1. The molecule has 0 aliphatic carbocycles. The van der Waals surface area contributed by atoms with Gasteiger partial charge in [0.15, 0.2) is 0 Å². The number of morpholine rings is 1. The molecule has 10 heavy (non-hydrogen) atoms. The van der Waals surface area contributed by atoms with Gasteiger partial charge in [-0.1, -0.05) is 0 Å². The number of amides is 1. The summed E-state index contributed by atoms with van der Waals surface area (Å²) < 4.78 is 5.01. The van der Waals surface area contributed by atoms with Gasteiger partial charge in [0.1, 0.15) is 0 Å². The predicted octanol–water partition coefficient (Wildman–Crippen LogP) is -0.771. The molecule has 0 radical (unpaired) electrons. The van der Waals surface area contributed by atoms with Crippen molar-refractivity contribution in [1.29, 1.82) is 0 Å². The van der Waals surface area contributed by atoms with Crippen molar-refractivity contribution < 1.29 is 14.6 Å². The largest absolute Gasteiger partial charge is 0.465 e. The molecule has 0 unspecified atom stereocenters. The molecule has 1 heterocycles. The normalized spacial score (nSPS) is 16.8. The molecule has 60 valence electrons. The Labute approximate surface area is 59.2 Å². The van der Waals surface area contributed by atoms with Gasteiger partial charge in [0, 0.05) is 13.1 Å². The lowest BCUT2D eigenvalue weighted by Gasteiger charge is -2.10. The van der Waals surface area contributed by atoms with Gasteiger partial charge >= 0.3 is 6.09 Å². The van der Waals surface area contributed by atoms with E-state index >= 15 is 0 Å². The van der Waals surface area contributed by atoms with Crippen molar-refractivity contribution in [3.63, 3.8) is 0 Å². The van der Waals surface area contributed by atoms with E-state index in [1.165, 1.54) is 0 Å². The molecule has 4 N–H and O–H groups in total. The van der Waals surface area contributed by atoms with E-state index in [2.05, 4.69) is 11.1 Å². The van der Waals surface area contributed by atoms with E-state index in [0.717, 1.165) is 26.3 Å². The Morgan fingerprint density at radius 1 is 1.50 bits per heavy atom. The summed E-state index contributed by atoms with van der Waals surface area (Å²) in [6.07, 6.45) is -1.33. The number of hydrogen-bond donors (Lipinski definition) is 3. The van der Waals surface area contributed by atoms with Crippen LogP contribution in [0.5, 0.6) is 0 Å². The lowest BCUT2D eigenvalue weighted by atomic mass is 10.5. The van der Waals surface area contributed by atoms with E-state index in [9.17, 15) is 0 Å². The number of ether oxygens (including phenoxy) is 1. The third kappa shape index (κ3) is 10.2. The van der Waals surface area contributed by atoms with E-state index in [1.807, 2.05) is 0 Å². The van der Waals surface area contributed by atoms with Crippen molar-refractivity contribution in [1.82, 2.24) is 5.32 Å². The number of rotatable bonds is 0. The van der Waals surface area contributed by atoms with Gasteiger partial charge in [0.05, 0.1) is 13.2 Å². The van der Waals surface area contributed by atoms with Crippen molar-refractivity contribution in [3.8, 4) is 0 Å². The lowest BCUT2D eigenvalue weighted by Crippen LogP contribution is -2.30. The third-order valence-electron chi connectivity index (χ3n) is 0.846. The first kappa shape index (κ1) is 9.19. The number of carbonyl (C=O) groups is 1. The van der Waals surface area contributed by atoms with E-state index in [-0.39, 0.29) is 0 Å². The topological polar surface area (TPSA) is 84.6 Å². The fourth-order valence-electron chi connectivity index (χ4n) is 0.516. The zero-order chi connectivity index (χ0) is 7.82. The van der Waals surface area contributed by atoms with Gasteiger partial charge in [-0.3, -0.25) is 0 Å². The van der Waals surface area contributed by atoms with Gasteiger partial charge in [0.2, 0.25) is 0 Å². The number of nitrogens with two attached hydrogens (primary N) is 1. The molecule has 5 nitrogen and oxygen atoms in total. The SMILES string of the molecule is C1COCCN1.NC(=O)O.